The molecule has 1 amide bonds. The molecule has 2 N–H and O–H groups in total. The van der Waals surface area contributed by atoms with Crippen molar-refractivity contribution >= 4 is 5.91 Å². The lowest BCUT2D eigenvalue weighted by Crippen LogP contribution is -2.41. The molecule has 11 heavy (non-hydrogen) atoms. The Hall–Kier alpha value is -1.06. The molecular weight excluding hydrogens is 144 g/mol. The van der Waals surface area contributed by atoms with Crippen LogP contribution in [0.3, 0.4) is 0 Å². The van der Waals surface area contributed by atoms with E-state index in [2.05, 4.69) is 10.0 Å². The normalized spacial score (nSPS) is 13.5. The molecule has 0 fully saturated rings. The van der Waals surface area contributed by atoms with E-state index in [0.717, 1.165) is 0 Å². The molecule has 0 radical (unpaired) electrons. The molecule has 0 aliphatic rings. The first-order valence-electron chi connectivity index (χ1n) is 3.24. The minimum absolute atomic E-state index is 0.356. The fraction of sp³-hybridized carbons (Fsp3) is 0.833. The Balaban J connectivity index is 4.37. The maximum atomic E-state index is 10.8. The summed E-state index contributed by atoms with van der Waals surface area (Å²) < 4.78 is 0. The van der Waals surface area contributed by atoms with Gasteiger partial charge in [-0.1, -0.05) is 20.8 Å². The Morgan fingerprint density at radius 1 is 1.64 bits per heavy atom. The molecule has 5 heteroatoms. The molecule has 0 aliphatic heterocycles. The zero-order valence-corrected chi connectivity index (χ0v) is 6.90. The predicted molar refractivity (Wildman–Crippen MR) is 41.6 cm³/mol. The van der Waals surface area contributed by atoms with E-state index < -0.39 is 11.9 Å². The van der Waals surface area contributed by atoms with Gasteiger partial charge in [-0.25, -0.2) is 0 Å². The molecule has 0 rings (SSSR count). The second-order valence-electron chi connectivity index (χ2n) is 3.37. The number of nitrogens with zero attached hydrogens (tertiary/aromatic N) is 3. The summed E-state index contributed by atoms with van der Waals surface area (Å²) in [6.07, 6.45) is 0. The Morgan fingerprint density at radius 3 is 2.36 bits per heavy atom. The summed E-state index contributed by atoms with van der Waals surface area (Å²) in [7, 11) is 0. The summed E-state index contributed by atoms with van der Waals surface area (Å²) >= 11 is 0. The third kappa shape index (κ3) is 3.02. The lowest BCUT2D eigenvalue weighted by atomic mass is 9.87. The van der Waals surface area contributed by atoms with Gasteiger partial charge in [0.15, 0.2) is 0 Å². The molecule has 1 atom stereocenters. The second-order valence-corrected chi connectivity index (χ2v) is 3.37. The molecule has 0 spiro atoms. The van der Waals surface area contributed by atoms with Gasteiger partial charge >= 0.3 is 0 Å². The smallest absolute Gasteiger partial charge is 0.236 e. The molecule has 0 aromatic carbocycles. The fourth-order valence-electron chi connectivity index (χ4n) is 0.477. The van der Waals surface area contributed by atoms with Gasteiger partial charge in [-0.2, -0.15) is 0 Å². The average molecular weight is 156 g/mol. The highest BCUT2D eigenvalue weighted by molar-refractivity contribution is 5.82. The van der Waals surface area contributed by atoms with Gasteiger partial charge in [0.1, 0.15) is 0 Å². The van der Waals surface area contributed by atoms with E-state index in [4.69, 9.17) is 11.3 Å². The van der Waals surface area contributed by atoms with Crippen molar-refractivity contribution < 1.29 is 4.79 Å². The Bertz CT molecular complexity index is 199. The van der Waals surface area contributed by atoms with Crippen LogP contribution < -0.4 is 5.73 Å². The van der Waals surface area contributed by atoms with Gasteiger partial charge in [-0.3, -0.25) is 4.79 Å². The summed E-state index contributed by atoms with van der Waals surface area (Å²) in [4.78, 5) is 13.2. The molecule has 5 nitrogen and oxygen atoms in total. The van der Waals surface area contributed by atoms with E-state index in [-0.39, 0.29) is 5.41 Å². The van der Waals surface area contributed by atoms with Gasteiger partial charge < -0.3 is 5.73 Å². The second kappa shape index (κ2) is 3.37. The SMILES string of the molecule is CC(C)(C)C(N)C(=O)N=[N+]=[N-]. The molecule has 0 bridgehead atoms. The third-order valence-electron chi connectivity index (χ3n) is 1.34. The number of hydrogen-bond donors (Lipinski definition) is 1. The summed E-state index contributed by atoms with van der Waals surface area (Å²) in [5.41, 5.74) is 13.0. The highest BCUT2D eigenvalue weighted by Gasteiger charge is 2.26. The topological polar surface area (TPSA) is 91.9 Å². The Labute approximate surface area is 65.2 Å². The van der Waals surface area contributed by atoms with Crippen LogP contribution in [0.5, 0.6) is 0 Å². The molecule has 0 aromatic heterocycles. The summed E-state index contributed by atoms with van der Waals surface area (Å²) in [5, 5.41) is 2.91. The van der Waals surface area contributed by atoms with Crippen LogP contribution in [-0.2, 0) is 4.79 Å². The largest absolute Gasteiger partial charge is 0.321 e. The standard InChI is InChI=1S/C6H12N4O/c1-6(2,3)4(7)5(11)9-10-8/h4H,7H2,1-3H3. The molecule has 0 saturated carbocycles. The quantitative estimate of drug-likeness (QED) is 0.351. The van der Waals surface area contributed by atoms with Crippen LogP contribution in [0.4, 0.5) is 0 Å². The summed E-state index contributed by atoms with van der Waals surface area (Å²) in [6, 6.07) is -0.724. The zero-order chi connectivity index (χ0) is 9.07. The fourth-order valence-corrected chi connectivity index (χ4v) is 0.477. The van der Waals surface area contributed by atoms with Crippen LogP contribution in [0.15, 0.2) is 5.11 Å². The van der Waals surface area contributed by atoms with Crippen molar-refractivity contribution in [3.63, 3.8) is 0 Å². The number of amides is 1. The van der Waals surface area contributed by atoms with Gasteiger partial charge in [-0.15, -0.1) is 0 Å². The number of hydrogen-bond acceptors (Lipinski definition) is 2. The van der Waals surface area contributed by atoms with Crippen molar-refractivity contribution in [3.05, 3.63) is 10.4 Å². The Kier molecular flexibility index (Phi) is 3.04. The highest BCUT2D eigenvalue weighted by Crippen LogP contribution is 2.17. The Morgan fingerprint density at radius 2 is 2.09 bits per heavy atom. The van der Waals surface area contributed by atoms with E-state index in [1.165, 1.54) is 0 Å². The van der Waals surface area contributed by atoms with Crippen LogP contribution in [0.1, 0.15) is 20.8 Å². The number of rotatable bonds is 1. The molecule has 0 saturated heterocycles. The van der Waals surface area contributed by atoms with E-state index in [9.17, 15) is 4.79 Å². The van der Waals surface area contributed by atoms with Gasteiger partial charge in [0.2, 0.25) is 5.91 Å². The van der Waals surface area contributed by atoms with E-state index >= 15 is 0 Å². The summed E-state index contributed by atoms with van der Waals surface area (Å²) in [6.45, 7) is 5.42. The minimum Gasteiger partial charge on any atom is -0.321 e. The molecular formula is C6H12N4O. The highest BCUT2D eigenvalue weighted by atomic mass is 16.2. The number of azide groups is 1. The number of carbonyl (C=O) groups excluding carboxylic acids is 1. The lowest BCUT2D eigenvalue weighted by molar-refractivity contribution is -0.121. The van der Waals surface area contributed by atoms with Crippen molar-refractivity contribution in [2.75, 3.05) is 0 Å². The first kappa shape index (κ1) is 9.94. The first-order valence-corrected chi connectivity index (χ1v) is 3.24. The van der Waals surface area contributed by atoms with Crippen molar-refractivity contribution in [2.45, 2.75) is 26.8 Å². The molecule has 62 valence electrons. The van der Waals surface area contributed by atoms with Crippen LogP contribution in [0.2, 0.25) is 0 Å². The van der Waals surface area contributed by atoms with Crippen molar-refractivity contribution in [2.24, 2.45) is 16.3 Å². The van der Waals surface area contributed by atoms with Gasteiger partial charge in [0.05, 0.1) is 6.04 Å². The van der Waals surface area contributed by atoms with Crippen LogP contribution >= 0.6 is 0 Å². The zero-order valence-electron chi connectivity index (χ0n) is 6.90. The maximum Gasteiger partial charge on any atom is 0.236 e. The molecule has 0 heterocycles. The van der Waals surface area contributed by atoms with Gasteiger partial charge in [0.25, 0.3) is 0 Å². The van der Waals surface area contributed by atoms with E-state index in [0.29, 0.717) is 0 Å². The van der Waals surface area contributed by atoms with E-state index in [1.54, 1.807) is 0 Å². The molecule has 0 aromatic rings. The van der Waals surface area contributed by atoms with Crippen LogP contribution in [-0.4, -0.2) is 11.9 Å². The van der Waals surface area contributed by atoms with E-state index in [1.807, 2.05) is 20.8 Å². The van der Waals surface area contributed by atoms with Crippen molar-refractivity contribution in [3.8, 4) is 0 Å². The number of nitrogens with two attached hydrogens (primary N) is 1. The average Bonchev–Trinajstić information content (AvgIpc) is 1.85. The van der Waals surface area contributed by atoms with Gasteiger partial charge in [0, 0.05) is 4.91 Å². The molecule has 1 unspecified atom stereocenters. The third-order valence-corrected chi connectivity index (χ3v) is 1.34. The van der Waals surface area contributed by atoms with Crippen molar-refractivity contribution in [1.82, 2.24) is 0 Å². The molecule has 0 aliphatic carbocycles. The number of carbonyl (C=O) groups is 1. The minimum atomic E-state index is -0.724. The first-order chi connectivity index (χ1) is 4.89. The monoisotopic (exact) mass is 156 g/mol. The van der Waals surface area contributed by atoms with Crippen LogP contribution in [0.25, 0.3) is 10.4 Å². The van der Waals surface area contributed by atoms with Gasteiger partial charge in [-0.05, 0) is 16.1 Å². The predicted octanol–water partition coefficient (Wildman–Crippen LogP) is 1.20. The van der Waals surface area contributed by atoms with Crippen molar-refractivity contribution in [1.29, 1.82) is 0 Å². The maximum absolute atomic E-state index is 10.8. The lowest BCUT2D eigenvalue weighted by Gasteiger charge is -2.23. The van der Waals surface area contributed by atoms with Crippen LogP contribution in [0, 0.1) is 5.41 Å². The summed E-state index contributed by atoms with van der Waals surface area (Å²) in [5.74, 6) is -0.611.